The Morgan fingerprint density at radius 1 is 1.11 bits per heavy atom. The van der Waals surface area contributed by atoms with Gasteiger partial charge in [0, 0.05) is 23.6 Å². The van der Waals surface area contributed by atoms with Crippen LogP contribution in [0.25, 0.3) is 22.3 Å². The van der Waals surface area contributed by atoms with Gasteiger partial charge in [-0.3, -0.25) is 0 Å². The first-order valence-corrected chi connectivity index (χ1v) is 5.88. The molecular weight excluding hydrogens is 224 g/mol. The number of rotatable bonds is 2. The summed E-state index contributed by atoms with van der Waals surface area (Å²) < 4.78 is 0. The van der Waals surface area contributed by atoms with Crippen molar-refractivity contribution in [3.63, 3.8) is 0 Å². The predicted octanol–water partition coefficient (Wildman–Crippen LogP) is 2.98. The van der Waals surface area contributed by atoms with E-state index >= 15 is 0 Å². The van der Waals surface area contributed by atoms with Crippen LogP contribution in [0.1, 0.15) is 5.69 Å². The van der Waals surface area contributed by atoms with Crippen molar-refractivity contribution in [1.82, 2.24) is 15.0 Å². The molecule has 0 aliphatic heterocycles. The summed E-state index contributed by atoms with van der Waals surface area (Å²) in [6, 6.07) is 12.3. The normalized spacial score (nSPS) is 10.8. The summed E-state index contributed by atoms with van der Waals surface area (Å²) in [7, 11) is 1.82. The summed E-state index contributed by atoms with van der Waals surface area (Å²) in [5, 5.41) is 4.17. The second-order valence-corrected chi connectivity index (χ2v) is 4.24. The standard InChI is InChI=1S/C14H14N4/c1-9-7-12(18-14(15-2)16-9)13-8-10-5-3-4-6-11(10)17-13/h3-8,17H,1-2H3,(H,15,16,18). The Kier molecular flexibility index (Phi) is 2.48. The fourth-order valence-electron chi connectivity index (χ4n) is 2.03. The monoisotopic (exact) mass is 238 g/mol. The Morgan fingerprint density at radius 2 is 1.94 bits per heavy atom. The molecule has 2 heterocycles. The second-order valence-electron chi connectivity index (χ2n) is 4.24. The van der Waals surface area contributed by atoms with Crippen molar-refractivity contribution in [1.29, 1.82) is 0 Å². The largest absolute Gasteiger partial charge is 0.357 e. The van der Waals surface area contributed by atoms with E-state index in [9.17, 15) is 0 Å². The molecule has 0 aliphatic carbocycles. The summed E-state index contributed by atoms with van der Waals surface area (Å²) in [5.74, 6) is 0.642. The van der Waals surface area contributed by atoms with E-state index in [1.807, 2.05) is 32.2 Å². The van der Waals surface area contributed by atoms with Crippen LogP contribution in [0.15, 0.2) is 36.4 Å². The third kappa shape index (κ3) is 1.82. The maximum absolute atomic E-state index is 4.46. The average molecular weight is 238 g/mol. The molecule has 18 heavy (non-hydrogen) atoms. The molecule has 1 aromatic carbocycles. The van der Waals surface area contributed by atoms with Crippen LogP contribution in [0, 0.1) is 6.92 Å². The Morgan fingerprint density at radius 3 is 2.72 bits per heavy atom. The van der Waals surface area contributed by atoms with E-state index in [1.54, 1.807) is 0 Å². The van der Waals surface area contributed by atoms with Crippen molar-refractivity contribution in [2.24, 2.45) is 0 Å². The van der Waals surface area contributed by atoms with E-state index in [0.29, 0.717) is 5.95 Å². The van der Waals surface area contributed by atoms with Gasteiger partial charge in [-0.15, -0.1) is 0 Å². The zero-order chi connectivity index (χ0) is 12.5. The number of H-pyrrole nitrogens is 1. The van der Waals surface area contributed by atoms with Crippen LogP contribution in [0.3, 0.4) is 0 Å². The number of nitrogens with one attached hydrogen (secondary N) is 2. The highest BCUT2D eigenvalue weighted by atomic mass is 15.1. The number of nitrogens with zero attached hydrogens (tertiary/aromatic N) is 2. The lowest BCUT2D eigenvalue weighted by Gasteiger charge is -2.03. The molecule has 4 nitrogen and oxygen atoms in total. The van der Waals surface area contributed by atoms with Gasteiger partial charge in [-0.1, -0.05) is 18.2 Å². The average Bonchev–Trinajstić information content (AvgIpc) is 2.81. The lowest BCUT2D eigenvalue weighted by Crippen LogP contribution is -1.99. The lowest BCUT2D eigenvalue weighted by atomic mass is 10.2. The first-order valence-electron chi connectivity index (χ1n) is 5.88. The van der Waals surface area contributed by atoms with Crippen LogP contribution in [0.4, 0.5) is 5.95 Å². The van der Waals surface area contributed by atoms with Gasteiger partial charge in [0.05, 0.1) is 11.4 Å². The van der Waals surface area contributed by atoms with Crippen LogP contribution in [0.2, 0.25) is 0 Å². The molecule has 0 fully saturated rings. The van der Waals surface area contributed by atoms with Gasteiger partial charge in [0.15, 0.2) is 0 Å². The van der Waals surface area contributed by atoms with Gasteiger partial charge in [0.1, 0.15) is 0 Å². The van der Waals surface area contributed by atoms with Gasteiger partial charge in [-0.2, -0.15) is 0 Å². The van der Waals surface area contributed by atoms with Gasteiger partial charge in [0.25, 0.3) is 0 Å². The molecular formula is C14H14N4. The SMILES string of the molecule is CNc1nc(C)cc(-c2cc3ccccc3[nH]2)n1. The van der Waals surface area contributed by atoms with Crippen molar-refractivity contribution in [3.8, 4) is 11.4 Å². The maximum Gasteiger partial charge on any atom is 0.223 e. The van der Waals surface area contributed by atoms with Gasteiger partial charge < -0.3 is 10.3 Å². The number of fused-ring (bicyclic) bond motifs is 1. The van der Waals surface area contributed by atoms with Gasteiger partial charge in [-0.05, 0) is 25.1 Å². The number of hydrogen-bond donors (Lipinski definition) is 2. The minimum Gasteiger partial charge on any atom is -0.357 e. The molecule has 3 aromatic rings. The van der Waals surface area contributed by atoms with E-state index < -0.39 is 0 Å². The number of aromatic amines is 1. The number of anilines is 1. The minimum absolute atomic E-state index is 0.642. The minimum atomic E-state index is 0.642. The van der Waals surface area contributed by atoms with E-state index in [-0.39, 0.29) is 0 Å². The Bertz CT molecular complexity index is 667. The Hall–Kier alpha value is -2.36. The Labute approximate surface area is 105 Å². The second kappa shape index (κ2) is 4.14. The molecule has 3 rings (SSSR count). The van der Waals surface area contributed by atoms with Crippen LogP contribution in [0.5, 0.6) is 0 Å². The molecule has 0 aliphatic rings. The smallest absolute Gasteiger partial charge is 0.223 e. The maximum atomic E-state index is 4.46. The first kappa shape index (κ1) is 10.8. The number of para-hydroxylation sites is 1. The zero-order valence-electron chi connectivity index (χ0n) is 10.4. The number of benzene rings is 1. The van der Waals surface area contributed by atoms with Crippen molar-refractivity contribution in [2.75, 3.05) is 12.4 Å². The molecule has 0 unspecified atom stereocenters. The van der Waals surface area contributed by atoms with Crippen LogP contribution < -0.4 is 5.32 Å². The van der Waals surface area contributed by atoms with Crippen LogP contribution in [-0.2, 0) is 0 Å². The summed E-state index contributed by atoms with van der Waals surface area (Å²) >= 11 is 0. The van der Waals surface area contributed by atoms with Crippen molar-refractivity contribution < 1.29 is 0 Å². The molecule has 2 aromatic heterocycles. The first-order chi connectivity index (χ1) is 8.76. The van der Waals surface area contributed by atoms with E-state index in [1.165, 1.54) is 5.39 Å². The van der Waals surface area contributed by atoms with Crippen molar-refractivity contribution in [2.45, 2.75) is 6.92 Å². The fourth-order valence-corrected chi connectivity index (χ4v) is 2.03. The van der Waals surface area contributed by atoms with Gasteiger partial charge in [0.2, 0.25) is 5.95 Å². The molecule has 4 heteroatoms. The van der Waals surface area contributed by atoms with E-state index in [0.717, 1.165) is 22.6 Å². The van der Waals surface area contributed by atoms with Crippen molar-refractivity contribution in [3.05, 3.63) is 42.1 Å². The molecule has 0 atom stereocenters. The molecule has 90 valence electrons. The molecule has 0 bridgehead atoms. The van der Waals surface area contributed by atoms with Crippen molar-refractivity contribution >= 4 is 16.9 Å². The fraction of sp³-hybridized carbons (Fsp3) is 0.143. The number of hydrogen-bond acceptors (Lipinski definition) is 3. The summed E-state index contributed by atoms with van der Waals surface area (Å²) in [4.78, 5) is 12.1. The molecule has 0 spiro atoms. The summed E-state index contributed by atoms with van der Waals surface area (Å²) in [6.45, 7) is 1.97. The van der Waals surface area contributed by atoms with Crippen LogP contribution >= 0.6 is 0 Å². The van der Waals surface area contributed by atoms with E-state index in [2.05, 4.69) is 38.5 Å². The van der Waals surface area contributed by atoms with Crippen LogP contribution in [-0.4, -0.2) is 22.0 Å². The topological polar surface area (TPSA) is 53.6 Å². The molecule has 0 saturated heterocycles. The molecule has 2 N–H and O–H groups in total. The third-order valence-electron chi connectivity index (χ3n) is 2.88. The molecule has 0 radical (unpaired) electrons. The summed E-state index contributed by atoms with van der Waals surface area (Å²) in [5.41, 5.74) is 3.99. The lowest BCUT2D eigenvalue weighted by molar-refractivity contribution is 1.09. The molecule has 0 amide bonds. The predicted molar refractivity (Wildman–Crippen MR) is 73.6 cm³/mol. The highest BCUT2D eigenvalue weighted by Crippen LogP contribution is 2.23. The highest BCUT2D eigenvalue weighted by molar-refractivity contribution is 5.85. The van der Waals surface area contributed by atoms with E-state index in [4.69, 9.17) is 0 Å². The quantitative estimate of drug-likeness (QED) is 0.721. The van der Waals surface area contributed by atoms with Gasteiger partial charge in [-0.25, -0.2) is 9.97 Å². The number of aryl methyl sites for hydroxylation is 1. The van der Waals surface area contributed by atoms with Gasteiger partial charge >= 0.3 is 0 Å². The molecule has 0 saturated carbocycles. The highest BCUT2D eigenvalue weighted by Gasteiger charge is 2.06. The number of aromatic nitrogens is 3. The zero-order valence-corrected chi connectivity index (χ0v) is 10.4. The third-order valence-corrected chi connectivity index (χ3v) is 2.88. The Balaban J connectivity index is 2.16. The summed E-state index contributed by atoms with van der Waals surface area (Å²) in [6.07, 6.45) is 0.